The van der Waals surface area contributed by atoms with E-state index in [2.05, 4.69) is 76.5 Å². The maximum absolute atomic E-state index is 13.6. The van der Waals surface area contributed by atoms with Crippen LogP contribution in [0.1, 0.15) is 63.0 Å². The van der Waals surface area contributed by atoms with Crippen LogP contribution in [-0.4, -0.2) is 50.0 Å². The Labute approximate surface area is 221 Å². The molecule has 6 rings (SSSR count). The first-order valence-corrected chi connectivity index (χ1v) is 13.5. The van der Waals surface area contributed by atoms with Crippen molar-refractivity contribution in [1.29, 1.82) is 0 Å². The number of H-pyrrole nitrogens is 1. The van der Waals surface area contributed by atoms with E-state index in [-0.39, 0.29) is 23.9 Å². The number of ether oxygens (including phenoxy) is 2. The fraction of sp³-hybridized carbons (Fsp3) is 0.448. The van der Waals surface area contributed by atoms with Crippen LogP contribution in [0.15, 0.2) is 53.3 Å². The molecule has 0 aliphatic carbocycles. The second-order valence-corrected chi connectivity index (χ2v) is 11.0. The molecule has 2 aliphatic rings. The molecule has 2 aromatic heterocycles. The van der Waals surface area contributed by atoms with Gasteiger partial charge in [0.25, 0.3) is 5.56 Å². The lowest BCUT2D eigenvalue weighted by Gasteiger charge is -2.38. The van der Waals surface area contributed by atoms with Crippen LogP contribution in [0, 0.1) is 5.92 Å². The summed E-state index contributed by atoms with van der Waals surface area (Å²) in [6.07, 6.45) is 4.03. The molecule has 0 amide bonds. The Morgan fingerprint density at radius 1 is 1.08 bits per heavy atom. The Bertz CT molecular complexity index is 1490. The summed E-state index contributed by atoms with van der Waals surface area (Å²) < 4.78 is 13.0. The van der Waals surface area contributed by atoms with E-state index in [1.165, 1.54) is 5.56 Å². The van der Waals surface area contributed by atoms with Gasteiger partial charge in [-0.15, -0.1) is 5.10 Å². The molecular weight excluding hydrogens is 480 g/mol. The van der Waals surface area contributed by atoms with Crippen molar-refractivity contribution in [3.05, 3.63) is 75.8 Å². The van der Waals surface area contributed by atoms with Crippen molar-refractivity contribution in [2.45, 2.75) is 58.0 Å². The van der Waals surface area contributed by atoms with Gasteiger partial charge in [-0.25, -0.2) is 4.68 Å². The van der Waals surface area contributed by atoms with Crippen LogP contribution >= 0.6 is 0 Å². The molecule has 2 aromatic carbocycles. The number of hydrogen-bond donors (Lipinski definition) is 1. The highest BCUT2D eigenvalue weighted by atomic mass is 16.7. The van der Waals surface area contributed by atoms with E-state index < -0.39 is 0 Å². The fourth-order valence-electron chi connectivity index (χ4n) is 5.62. The third-order valence-corrected chi connectivity index (χ3v) is 8.22. The topological polar surface area (TPSA) is 98.2 Å². The summed E-state index contributed by atoms with van der Waals surface area (Å²) in [4.78, 5) is 19.1. The summed E-state index contributed by atoms with van der Waals surface area (Å²) in [6.45, 7) is 8.29. The minimum absolute atomic E-state index is 0.142. The number of nitrogens with zero attached hydrogens (tertiary/aromatic N) is 5. The number of pyridine rings is 1. The lowest BCUT2D eigenvalue weighted by Crippen LogP contribution is -2.42. The monoisotopic (exact) mass is 514 g/mol. The number of tetrazole rings is 1. The number of aromatic nitrogens is 5. The van der Waals surface area contributed by atoms with Crippen molar-refractivity contribution in [2.24, 2.45) is 5.92 Å². The van der Waals surface area contributed by atoms with Crippen LogP contribution in [0.25, 0.3) is 10.9 Å². The van der Waals surface area contributed by atoms with Gasteiger partial charge in [0.1, 0.15) is 6.04 Å². The predicted molar refractivity (Wildman–Crippen MR) is 144 cm³/mol. The zero-order valence-corrected chi connectivity index (χ0v) is 22.2. The molecule has 1 saturated heterocycles. The van der Waals surface area contributed by atoms with Crippen molar-refractivity contribution in [3.8, 4) is 11.5 Å². The van der Waals surface area contributed by atoms with E-state index in [4.69, 9.17) is 9.47 Å². The Balaban J connectivity index is 1.38. The second kappa shape index (κ2) is 9.87. The number of aromatic amines is 1. The largest absolute Gasteiger partial charge is 0.454 e. The van der Waals surface area contributed by atoms with Gasteiger partial charge < -0.3 is 14.5 Å². The third-order valence-electron chi connectivity index (χ3n) is 8.22. The van der Waals surface area contributed by atoms with Crippen LogP contribution in [0.4, 0.5) is 0 Å². The summed E-state index contributed by atoms with van der Waals surface area (Å²) >= 11 is 0. The molecule has 0 spiro atoms. The molecule has 0 bridgehead atoms. The quantitative estimate of drug-likeness (QED) is 0.390. The number of rotatable bonds is 7. The molecule has 1 fully saturated rings. The molecule has 4 heterocycles. The number of piperidine rings is 1. The maximum atomic E-state index is 13.6. The molecule has 4 aromatic rings. The van der Waals surface area contributed by atoms with Crippen molar-refractivity contribution in [2.75, 3.05) is 19.9 Å². The summed E-state index contributed by atoms with van der Waals surface area (Å²) in [5.41, 5.74) is 2.30. The standard InChI is InChI=1S/C29H34N6O3/c1-4-29(2,3)35-27(31-32-33-35)26(34-12-10-20(11-13-34)14-19-8-6-5-7-9-19)22-15-21-16-24-25(38-18-37-24)17-23(21)30-28(22)36/h5-9,15-17,20,26H,4,10-14,18H2,1-3H3,(H,30,36)/t26-/m1/s1. The van der Waals surface area contributed by atoms with Gasteiger partial charge in [-0.1, -0.05) is 37.3 Å². The molecule has 9 heteroatoms. The van der Waals surface area contributed by atoms with Gasteiger partial charge in [0, 0.05) is 17.0 Å². The SMILES string of the molecule is CCC(C)(C)n1nnnc1[C@@H](c1cc2cc3c(cc2[nH]c1=O)OCO3)N1CCC(Cc2ccccc2)CC1. The molecular formula is C29H34N6O3. The number of nitrogens with one attached hydrogen (secondary N) is 1. The Hall–Kier alpha value is -3.72. The molecule has 38 heavy (non-hydrogen) atoms. The van der Waals surface area contributed by atoms with Crippen molar-refractivity contribution < 1.29 is 9.47 Å². The van der Waals surface area contributed by atoms with Crippen LogP contribution < -0.4 is 15.0 Å². The van der Waals surface area contributed by atoms with E-state index in [9.17, 15) is 4.79 Å². The minimum atomic E-state index is -0.368. The molecule has 9 nitrogen and oxygen atoms in total. The summed E-state index contributed by atoms with van der Waals surface area (Å²) in [6, 6.07) is 16.0. The molecule has 0 unspecified atom stereocenters. The molecule has 1 N–H and O–H groups in total. The number of likely N-dealkylation sites (tertiary alicyclic amines) is 1. The molecule has 2 aliphatic heterocycles. The van der Waals surface area contributed by atoms with Crippen molar-refractivity contribution in [1.82, 2.24) is 30.1 Å². The van der Waals surface area contributed by atoms with E-state index in [0.29, 0.717) is 28.8 Å². The smallest absolute Gasteiger partial charge is 0.253 e. The van der Waals surface area contributed by atoms with Gasteiger partial charge in [0.2, 0.25) is 6.79 Å². The van der Waals surface area contributed by atoms with Gasteiger partial charge >= 0.3 is 0 Å². The maximum Gasteiger partial charge on any atom is 0.253 e. The van der Waals surface area contributed by atoms with Crippen LogP contribution in [0.5, 0.6) is 11.5 Å². The van der Waals surface area contributed by atoms with Crippen LogP contribution in [0.3, 0.4) is 0 Å². The Morgan fingerprint density at radius 2 is 1.82 bits per heavy atom. The van der Waals surface area contributed by atoms with Gasteiger partial charge in [-0.3, -0.25) is 9.69 Å². The minimum Gasteiger partial charge on any atom is -0.454 e. The van der Waals surface area contributed by atoms with E-state index in [0.717, 1.165) is 49.7 Å². The zero-order chi connectivity index (χ0) is 26.3. The van der Waals surface area contributed by atoms with Crippen molar-refractivity contribution in [3.63, 3.8) is 0 Å². The van der Waals surface area contributed by atoms with Crippen LogP contribution in [0.2, 0.25) is 0 Å². The summed E-state index contributed by atoms with van der Waals surface area (Å²) in [5.74, 6) is 2.63. The molecule has 1 atom stereocenters. The fourth-order valence-corrected chi connectivity index (χ4v) is 5.62. The third kappa shape index (κ3) is 4.55. The van der Waals surface area contributed by atoms with Gasteiger partial charge in [-0.2, -0.15) is 0 Å². The first-order chi connectivity index (χ1) is 18.4. The van der Waals surface area contributed by atoms with Gasteiger partial charge in [0.05, 0.1) is 11.1 Å². The highest BCUT2D eigenvalue weighted by Crippen LogP contribution is 2.37. The van der Waals surface area contributed by atoms with E-state index >= 15 is 0 Å². The van der Waals surface area contributed by atoms with Crippen LogP contribution in [-0.2, 0) is 12.0 Å². The number of fused-ring (bicyclic) bond motifs is 2. The van der Waals surface area contributed by atoms with Gasteiger partial charge in [0.15, 0.2) is 17.3 Å². The Kier molecular flexibility index (Phi) is 6.39. The zero-order valence-electron chi connectivity index (χ0n) is 22.2. The lowest BCUT2D eigenvalue weighted by molar-refractivity contribution is 0.137. The number of benzene rings is 2. The first kappa shape index (κ1) is 24.6. The average Bonchev–Trinajstić information content (AvgIpc) is 3.60. The molecule has 0 saturated carbocycles. The van der Waals surface area contributed by atoms with Crippen molar-refractivity contribution >= 4 is 10.9 Å². The number of hydrogen-bond acceptors (Lipinski definition) is 7. The van der Waals surface area contributed by atoms with E-state index in [1.807, 2.05) is 22.9 Å². The highest BCUT2D eigenvalue weighted by molar-refractivity contribution is 5.83. The average molecular weight is 515 g/mol. The second-order valence-electron chi connectivity index (χ2n) is 11.0. The summed E-state index contributed by atoms with van der Waals surface area (Å²) in [5, 5.41) is 13.9. The predicted octanol–water partition coefficient (Wildman–Crippen LogP) is 4.43. The molecule has 198 valence electrons. The first-order valence-electron chi connectivity index (χ1n) is 13.5. The lowest BCUT2D eigenvalue weighted by atomic mass is 9.88. The summed E-state index contributed by atoms with van der Waals surface area (Å²) in [7, 11) is 0. The molecule has 0 radical (unpaired) electrons. The normalized spacial score (nSPS) is 17.2. The van der Waals surface area contributed by atoms with Gasteiger partial charge in [-0.05, 0) is 86.7 Å². The Morgan fingerprint density at radius 3 is 2.55 bits per heavy atom. The highest BCUT2D eigenvalue weighted by Gasteiger charge is 2.36. The van der Waals surface area contributed by atoms with E-state index in [1.54, 1.807) is 0 Å².